The zero-order valence-electron chi connectivity index (χ0n) is 16.3. The van der Waals surface area contributed by atoms with Crippen LogP contribution in [0.2, 0.25) is 0 Å². The van der Waals surface area contributed by atoms with Crippen molar-refractivity contribution in [2.75, 3.05) is 13.2 Å². The molecule has 1 aromatic heterocycles. The zero-order valence-corrected chi connectivity index (χ0v) is 17.9. The summed E-state index contributed by atoms with van der Waals surface area (Å²) < 4.78 is 6.02. The van der Waals surface area contributed by atoms with Gasteiger partial charge in [0.05, 0.1) is 23.4 Å². The fraction of sp³-hybridized carbons (Fsp3) is 0.217. The van der Waals surface area contributed by atoms with Gasteiger partial charge in [-0.05, 0) is 60.0 Å². The number of aryl methyl sites for hydroxylation is 1. The number of halogens is 1. The Bertz CT molecular complexity index is 1150. The molecule has 1 amide bonds. The molecule has 2 heterocycles. The van der Waals surface area contributed by atoms with E-state index in [1.807, 2.05) is 49.4 Å². The van der Waals surface area contributed by atoms with Crippen LogP contribution in [0.1, 0.15) is 34.1 Å². The smallest absolute Gasteiger partial charge is 0.341 e. The Morgan fingerprint density at radius 2 is 2.00 bits per heavy atom. The second-order valence-corrected chi connectivity index (χ2v) is 7.87. The molecule has 0 spiro atoms. The molecule has 1 N–H and O–H groups in total. The Kier molecular flexibility index (Phi) is 5.28. The number of fused-ring (bicyclic) bond motifs is 3. The minimum Gasteiger partial charge on any atom is -0.462 e. The van der Waals surface area contributed by atoms with Crippen LogP contribution >= 0.6 is 15.9 Å². The quantitative estimate of drug-likeness (QED) is 0.578. The van der Waals surface area contributed by atoms with E-state index in [9.17, 15) is 9.59 Å². The van der Waals surface area contributed by atoms with Crippen LogP contribution in [0.4, 0.5) is 0 Å². The number of H-pyrrole nitrogens is 1. The monoisotopic (exact) mass is 452 g/mol. The third-order valence-electron chi connectivity index (χ3n) is 5.08. The Balaban J connectivity index is 1.81. The van der Waals surface area contributed by atoms with E-state index in [0.717, 1.165) is 32.2 Å². The van der Waals surface area contributed by atoms with Crippen LogP contribution in [0, 0.1) is 6.92 Å². The van der Waals surface area contributed by atoms with E-state index in [1.54, 1.807) is 18.0 Å². The van der Waals surface area contributed by atoms with E-state index in [1.165, 1.54) is 0 Å². The largest absolute Gasteiger partial charge is 0.462 e. The van der Waals surface area contributed by atoms with Crippen LogP contribution in [0.5, 0.6) is 0 Å². The first-order valence-corrected chi connectivity index (χ1v) is 10.3. The Morgan fingerprint density at radius 3 is 2.79 bits per heavy atom. The minimum atomic E-state index is -0.441. The van der Waals surface area contributed by atoms with Gasteiger partial charge in [-0.15, -0.1) is 0 Å². The van der Waals surface area contributed by atoms with E-state index in [4.69, 9.17) is 4.74 Å². The van der Waals surface area contributed by atoms with Crippen molar-refractivity contribution < 1.29 is 14.3 Å². The van der Waals surface area contributed by atoms with Crippen molar-refractivity contribution in [3.05, 3.63) is 75.5 Å². The lowest BCUT2D eigenvalue weighted by Gasteiger charge is -2.19. The van der Waals surface area contributed by atoms with E-state index >= 15 is 0 Å². The van der Waals surface area contributed by atoms with E-state index in [-0.39, 0.29) is 12.5 Å². The molecule has 0 saturated heterocycles. The highest BCUT2D eigenvalue weighted by Crippen LogP contribution is 2.32. The third kappa shape index (κ3) is 3.60. The molecule has 29 heavy (non-hydrogen) atoms. The van der Waals surface area contributed by atoms with Crippen molar-refractivity contribution in [3.8, 4) is 0 Å². The van der Waals surface area contributed by atoms with Gasteiger partial charge in [0.1, 0.15) is 0 Å². The first kappa shape index (κ1) is 19.5. The molecule has 0 atom stereocenters. The molecule has 0 radical (unpaired) electrons. The number of carbonyl (C=O) groups is 2. The molecule has 2 aromatic carbocycles. The second kappa shape index (κ2) is 7.87. The molecule has 148 valence electrons. The molecular weight excluding hydrogens is 432 g/mol. The van der Waals surface area contributed by atoms with Gasteiger partial charge < -0.3 is 14.6 Å². The zero-order chi connectivity index (χ0) is 20.5. The maximum absolute atomic E-state index is 13.3. The molecule has 0 fully saturated rings. The highest BCUT2D eigenvalue weighted by Gasteiger charge is 2.28. The molecule has 0 saturated carbocycles. The average molecular weight is 453 g/mol. The third-order valence-corrected chi connectivity index (χ3v) is 5.77. The summed E-state index contributed by atoms with van der Waals surface area (Å²) in [7, 11) is 0. The van der Waals surface area contributed by atoms with Gasteiger partial charge in [-0.3, -0.25) is 4.79 Å². The van der Waals surface area contributed by atoms with Crippen LogP contribution in [-0.4, -0.2) is 34.9 Å². The van der Waals surface area contributed by atoms with Gasteiger partial charge >= 0.3 is 5.97 Å². The minimum absolute atomic E-state index is 0.156. The Morgan fingerprint density at radius 1 is 1.21 bits per heavy atom. The lowest BCUT2D eigenvalue weighted by atomic mass is 10.0. The Labute approximate surface area is 177 Å². The summed E-state index contributed by atoms with van der Waals surface area (Å²) in [5.74, 6) is -0.597. The molecule has 0 unspecified atom stereocenters. The summed E-state index contributed by atoms with van der Waals surface area (Å²) in [6.07, 6.45) is 2.25. The highest BCUT2D eigenvalue weighted by atomic mass is 79.9. The number of carbonyl (C=O) groups excluding carboxylic acids is 2. The van der Waals surface area contributed by atoms with Gasteiger partial charge in [0, 0.05) is 28.1 Å². The number of benzene rings is 2. The van der Waals surface area contributed by atoms with Crippen LogP contribution in [-0.2, 0) is 16.0 Å². The lowest BCUT2D eigenvalue weighted by molar-refractivity contribution is -0.136. The summed E-state index contributed by atoms with van der Waals surface area (Å²) in [5.41, 5.74) is 4.65. The number of hydrogen-bond donors (Lipinski definition) is 1. The van der Waals surface area contributed by atoms with Crippen LogP contribution < -0.4 is 0 Å². The van der Waals surface area contributed by atoms with Crippen molar-refractivity contribution in [1.82, 2.24) is 9.88 Å². The maximum Gasteiger partial charge on any atom is 0.341 e. The topological polar surface area (TPSA) is 62.4 Å². The molecular formula is C23H21BrN2O3. The molecule has 5 nitrogen and oxygen atoms in total. The SMILES string of the molecule is CCOC(=O)C1=CN(C(=O)c2cc(C)ccc2Br)CCc2c1[nH]c1ccccc21. The number of nitrogens with zero attached hydrogens (tertiary/aromatic N) is 1. The number of esters is 1. The van der Waals surface area contributed by atoms with Gasteiger partial charge in [0.2, 0.25) is 0 Å². The number of rotatable bonds is 3. The van der Waals surface area contributed by atoms with E-state index in [2.05, 4.69) is 20.9 Å². The first-order chi connectivity index (χ1) is 14.0. The summed E-state index contributed by atoms with van der Waals surface area (Å²) in [6.45, 7) is 4.45. The number of nitrogens with one attached hydrogen (secondary N) is 1. The van der Waals surface area contributed by atoms with E-state index < -0.39 is 5.97 Å². The van der Waals surface area contributed by atoms with Crippen molar-refractivity contribution >= 4 is 44.3 Å². The van der Waals surface area contributed by atoms with Gasteiger partial charge in [-0.2, -0.15) is 0 Å². The Hall–Kier alpha value is -2.86. The predicted octanol–water partition coefficient (Wildman–Crippen LogP) is 4.84. The van der Waals surface area contributed by atoms with Gasteiger partial charge in [0.25, 0.3) is 5.91 Å². The summed E-state index contributed by atoms with van der Waals surface area (Å²) in [5, 5.41) is 1.06. The molecule has 1 aliphatic heterocycles. The fourth-order valence-corrected chi connectivity index (χ4v) is 4.10. The number of hydrogen-bond acceptors (Lipinski definition) is 3. The molecule has 6 heteroatoms. The second-order valence-electron chi connectivity index (χ2n) is 7.02. The van der Waals surface area contributed by atoms with Crippen molar-refractivity contribution in [1.29, 1.82) is 0 Å². The first-order valence-electron chi connectivity index (χ1n) is 9.55. The van der Waals surface area contributed by atoms with Crippen molar-refractivity contribution in [2.45, 2.75) is 20.3 Å². The highest BCUT2D eigenvalue weighted by molar-refractivity contribution is 9.10. The molecule has 0 bridgehead atoms. The summed E-state index contributed by atoms with van der Waals surface area (Å²) >= 11 is 3.47. The standard InChI is InChI=1S/C23H21BrN2O3/c1-3-29-23(28)18-13-26(22(27)17-12-14(2)8-9-19(17)24)11-10-16-15-6-4-5-7-20(15)25-21(16)18/h4-9,12-13,25H,3,10-11H2,1-2H3. The van der Waals surface area contributed by atoms with Gasteiger partial charge in [-0.1, -0.05) is 29.8 Å². The van der Waals surface area contributed by atoms with Crippen LogP contribution in [0.3, 0.4) is 0 Å². The molecule has 1 aliphatic rings. The normalized spacial score (nSPS) is 13.6. The summed E-state index contributed by atoms with van der Waals surface area (Å²) in [6, 6.07) is 13.6. The molecule has 3 aromatic rings. The number of para-hydroxylation sites is 1. The summed E-state index contributed by atoms with van der Waals surface area (Å²) in [4.78, 5) is 31.0. The average Bonchev–Trinajstić information content (AvgIpc) is 2.97. The predicted molar refractivity (Wildman–Crippen MR) is 117 cm³/mol. The van der Waals surface area contributed by atoms with Crippen LogP contribution in [0.15, 0.2) is 53.1 Å². The number of amides is 1. The fourth-order valence-electron chi connectivity index (χ4n) is 3.69. The van der Waals surface area contributed by atoms with Crippen molar-refractivity contribution in [2.24, 2.45) is 0 Å². The number of aromatic amines is 1. The molecule has 0 aliphatic carbocycles. The number of aromatic nitrogens is 1. The molecule has 4 rings (SSSR count). The maximum atomic E-state index is 13.3. The lowest BCUT2D eigenvalue weighted by Crippen LogP contribution is -2.28. The van der Waals surface area contributed by atoms with Crippen LogP contribution in [0.25, 0.3) is 16.5 Å². The van der Waals surface area contributed by atoms with Gasteiger partial charge in [0.15, 0.2) is 0 Å². The number of ether oxygens (including phenoxy) is 1. The van der Waals surface area contributed by atoms with E-state index in [0.29, 0.717) is 24.1 Å². The van der Waals surface area contributed by atoms with Crippen molar-refractivity contribution in [3.63, 3.8) is 0 Å². The van der Waals surface area contributed by atoms with Gasteiger partial charge in [-0.25, -0.2) is 4.79 Å².